The fraction of sp³-hybridized carbons (Fsp3) is 0.222. The maximum absolute atomic E-state index is 14.3. The highest BCUT2D eigenvalue weighted by Crippen LogP contribution is 2.44. The highest BCUT2D eigenvalue weighted by Gasteiger charge is 2.67. The standard InChI is InChI=1S/C18H14F3N5O3/c1-8-6-11-12(7-9(8)2)26-16(23-11)24-15(29)17(26,18(19,20)21)25-14(28)10-4-3-5-22-13(10)27/h3-7H,1-2H3,(H,22,27)(H,25,28)(H,23,24,29). The molecule has 8 nitrogen and oxygen atoms in total. The number of carbonyl (C=O) groups is 2. The molecule has 2 amide bonds. The number of nitrogens with one attached hydrogen (secondary N) is 3. The number of halogens is 3. The summed E-state index contributed by atoms with van der Waals surface area (Å²) in [5, 5.41) is 3.82. The molecule has 150 valence electrons. The number of rotatable bonds is 2. The fourth-order valence-corrected chi connectivity index (χ4v) is 3.32. The van der Waals surface area contributed by atoms with Crippen LogP contribution in [0.15, 0.2) is 35.3 Å². The summed E-state index contributed by atoms with van der Waals surface area (Å²) < 4.78 is 43.5. The number of aromatic amines is 1. The van der Waals surface area contributed by atoms with Crippen LogP contribution in [0.3, 0.4) is 0 Å². The second-order valence-electron chi connectivity index (χ2n) is 6.73. The number of hydrogen-bond donors (Lipinski definition) is 3. The molecule has 0 saturated carbocycles. The molecule has 29 heavy (non-hydrogen) atoms. The molecule has 1 aliphatic heterocycles. The number of alkyl halides is 3. The van der Waals surface area contributed by atoms with Crippen LogP contribution in [0.25, 0.3) is 11.0 Å². The van der Waals surface area contributed by atoms with Crippen molar-refractivity contribution in [2.24, 2.45) is 0 Å². The number of amides is 2. The SMILES string of the molecule is Cc1cc2nc3n(c2cc1C)C(NC(=O)c1ccc[nH]c1=O)(C(F)(F)F)C(=O)N3. The Labute approximate surface area is 160 Å². The number of anilines is 1. The van der Waals surface area contributed by atoms with Gasteiger partial charge in [0.1, 0.15) is 5.56 Å². The molecule has 0 aliphatic carbocycles. The number of nitrogens with zero attached hydrogens (tertiary/aromatic N) is 2. The van der Waals surface area contributed by atoms with Crippen LogP contribution in [0.1, 0.15) is 21.5 Å². The average Bonchev–Trinajstić information content (AvgIpc) is 3.09. The van der Waals surface area contributed by atoms with E-state index in [-0.39, 0.29) is 17.0 Å². The van der Waals surface area contributed by atoms with Gasteiger partial charge in [-0.3, -0.25) is 24.3 Å². The van der Waals surface area contributed by atoms with E-state index in [0.717, 1.165) is 11.6 Å². The van der Waals surface area contributed by atoms with Gasteiger partial charge in [-0.05, 0) is 49.2 Å². The molecule has 1 atom stereocenters. The Balaban J connectivity index is 1.96. The predicted octanol–water partition coefficient (Wildman–Crippen LogP) is 1.94. The molecule has 3 heterocycles. The number of imidazole rings is 1. The van der Waals surface area contributed by atoms with E-state index in [1.807, 2.05) is 0 Å². The molecule has 0 spiro atoms. The number of aryl methyl sites for hydroxylation is 2. The second kappa shape index (κ2) is 5.93. The number of aromatic nitrogens is 3. The zero-order valence-corrected chi connectivity index (χ0v) is 15.1. The predicted molar refractivity (Wildman–Crippen MR) is 96.4 cm³/mol. The van der Waals surface area contributed by atoms with Gasteiger partial charge in [0, 0.05) is 6.20 Å². The van der Waals surface area contributed by atoms with Crippen LogP contribution in [-0.2, 0) is 10.5 Å². The summed E-state index contributed by atoms with van der Waals surface area (Å²) >= 11 is 0. The van der Waals surface area contributed by atoms with Gasteiger partial charge in [-0.25, -0.2) is 4.98 Å². The van der Waals surface area contributed by atoms with Gasteiger partial charge >= 0.3 is 6.18 Å². The Bertz CT molecular complexity index is 1240. The number of carbonyl (C=O) groups excluding carboxylic acids is 2. The molecular weight excluding hydrogens is 391 g/mol. The van der Waals surface area contributed by atoms with Crippen LogP contribution in [0.5, 0.6) is 0 Å². The number of pyridine rings is 1. The normalized spacial score (nSPS) is 18.6. The van der Waals surface area contributed by atoms with E-state index < -0.39 is 34.8 Å². The lowest BCUT2D eigenvalue weighted by atomic mass is 10.1. The number of benzene rings is 1. The van der Waals surface area contributed by atoms with Crippen LogP contribution in [0, 0.1) is 13.8 Å². The van der Waals surface area contributed by atoms with Crippen molar-refractivity contribution in [3.05, 3.63) is 57.5 Å². The molecule has 0 fully saturated rings. The first-order chi connectivity index (χ1) is 13.6. The van der Waals surface area contributed by atoms with Gasteiger partial charge in [-0.1, -0.05) is 0 Å². The molecule has 2 aromatic heterocycles. The first-order valence-corrected chi connectivity index (χ1v) is 8.45. The molecular formula is C18H14F3N5O3. The van der Waals surface area contributed by atoms with Gasteiger partial charge in [-0.15, -0.1) is 0 Å². The molecule has 11 heteroatoms. The largest absolute Gasteiger partial charge is 0.440 e. The van der Waals surface area contributed by atoms with Crippen LogP contribution in [-0.4, -0.2) is 32.5 Å². The third kappa shape index (κ3) is 2.53. The first kappa shape index (κ1) is 18.7. The van der Waals surface area contributed by atoms with Gasteiger partial charge in [0.25, 0.3) is 23.0 Å². The van der Waals surface area contributed by atoms with E-state index in [9.17, 15) is 27.6 Å². The Morgan fingerprint density at radius 2 is 1.90 bits per heavy atom. The maximum Gasteiger partial charge on any atom is 0.440 e. The minimum Gasteiger partial charge on any atom is -0.328 e. The summed E-state index contributed by atoms with van der Waals surface area (Å²) in [4.78, 5) is 43.2. The third-order valence-corrected chi connectivity index (χ3v) is 4.93. The first-order valence-electron chi connectivity index (χ1n) is 8.45. The molecule has 1 unspecified atom stereocenters. The molecule has 1 aliphatic rings. The Morgan fingerprint density at radius 3 is 2.55 bits per heavy atom. The van der Waals surface area contributed by atoms with Crippen LogP contribution < -0.4 is 16.2 Å². The Hall–Kier alpha value is -3.63. The number of hydrogen-bond acceptors (Lipinski definition) is 4. The highest BCUT2D eigenvalue weighted by molar-refractivity contribution is 6.07. The molecule has 3 aromatic rings. The smallest absolute Gasteiger partial charge is 0.328 e. The van der Waals surface area contributed by atoms with Crippen LogP contribution in [0.2, 0.25) is 0 Å². The molecule has 1 aromatic carbocycles. The number of H-pyrrole nitrogens is 1. The summed E-state index contributed by atoms with van der Waals surface area (Å²) in [6.07, 6.45) is -4.00. The van der Waals surface area contributed by atoms with Crippen molar-refractivity contribution in [3.8, 4) is 0 Å². The van der Waals surface area contributed by atoms with Crippen molar-refractivity contribution < 1.29 is 22.8 Å². The Morgan fingerprint density at radius 1 is 1.21 bits per heavy atom. The van der Waals surface area contributed by atoms with Gasteiger partial charge in [0.15, 0.2) is 0 Å². The summed E-state index contributed by atoms with van der Waals surface area (Å²) in [7, 11) is 0. The van der Waals surface area contributed by atoms with Crippen molar-refractivity contribution in [3.63, 3.8) is 0 Å². The highest BCUT2D eigenvalue weighted by atomic mass is 19.4. The van der Waals surface area contributed by atoms with E-state index in [0.29, 0.717) is 10.1 Å². The number of fused-ring (bicyclic) bond motifs is 3. The van der Waals surface area contributed by atoms with Crippen molar-refractivity contribution in [1.82, 2.24) is 19.9 Å². The summed E-state index contributed by atoms with van der Waals surface area (Å²) in [5.41, 5.74) is -3.18. The summed E-state index contributed by atoms with van der Waals surface area (Å²) in [6, 6.07) is 5.40. The van der Waals surface area contributed by atoms with Crippen molar-refractivity contribution in [2.45, 2.75) is 25.7 Å². The topological polar surface area (TPSA) is 109 Å². The van der Waals surface area contributed by atoms with E-state index in [2.05, 4.69) is 15.3 Å². The third-order valence-electron chi connectivity index (χ3n) is 4.93. The van der Waals surface area contributed by atoms with Crippen molar-refractivity contribution >= 4 is 28.8 Å². The van der Waals surface area contributed by atoms with Gasteiger partial charge in [-0.2, -0.15) is 13.2 Å². The minimum absolute atomic E-state index is 0.0149. The summed E-state index contributed by atoms with van der Waals surface area (Å²) in [5.74, 6) is -3.22. The van der Waals surface area contributed by atoms with Gasteiger partial charge < -0.3 is 10.3 Å². The van der Waals surface area contributed by atoms with Gasteiger partial charge in [0.2, 0.25) is 5.95 Å². The van der Waals surface area contributed by atoms with E-state index in [4.69, 9.17) is 0 Å². The van der Waals surface area contributed by atoms with Crippen LogP contribution in [0.4, 0.5) is 19.1 Å². The Kier molecular flexibility index (Phi) is 3.83. The van der Waals surface area contributed by atoms with E-state index in [1.165, 1.54) is 18.3 Å². The second-order valence-corrected chi connectivity index (χ2v) is 6.73. The lowest BCUT2D eigenvalue weighted by Crippen LogP contribution is -2.63. The fourth-order valence-electron chi connectivity index (χ4n) is 3.32. The average molecular weight is 405 g/mol. The van der Waals surface area contributed by atoms with Gasteiger partial charge in [0.05, 0.1) is 11.0 Å². The van der Waals surface area contributed by atoms with E-state index in [1.54, 1.807) is 25.2 Å². The molecule has 0 saturated heterocycles. The molecule has 3 N–H and O–H groups in total. The van der Waals surface area contributed by atoms with Crippen LogP contribution >= 0.6 is 0 Å². The zero-order valence-electron chi connectivity index (χ0n) is 15.1. The zero-order chi connectivity index (χ0) is 21.1. The molecule has 0 bridgehead atoms. The minimum atomic E-state index is -5.23. The monoisotopic (exact) mass is 405 g/mol. The van der Waals surface area contributed by atoms with E-state index >= 15 is 0 Å². The molecule has 4 rings (SSSR count). The van der Waals surface area contributed by atoms with Crippen molar-refractivity contribution in [2.75, 3.05) is 5.32 Å². The molecule has 0 radical (unpaired) electrons. The van der Waals surface area contributed by atoms with Crippen molar-refractivity contribution in [1.29, 1.82) is 0 Å². The lowest BCUT2D eigenvalue weighted by Gasteiger charge is -2.31. The lowest BCUT2D eigenvalue weighted by molar-refractivity contribution is -0.213. The summed E-state index contributed by atoms with van der Waals surface area (Å²) in [6.45, 7) is 3.48. The maximum atomic E-state index is 14.3. The quantitative estimate of drug-likeness (QED) is 0.605.